The first-order valence-electron chi connectivity index (χ1n) is 5.13. The average molecular weight is 255 g/mol. The zero-order chi connectivity index (χ0) is 13.7. The number of amidine groups is 1. The number of H-pyrrole nitrogens is 1. The number of anilines is 1. The first-order chi connectivity index (χ1) is 9.20. The van der Waals surface area contributed by atoms with Crippen molar-refractivity contribution in [2.24, 2.45) is 10.8 Å². The molecule has 2 rings (SSSR count). The SMILES string of the molecule is N#C/C(=N\Nc1ccc(-c2nn[nH]n2)cc1)C(=N)N. The predicted octanol–water partition coefficient (Wildman–Crippen LogP) is 0.0941. The lowest BCUT2D eigenvalue weighted by Gasteiger charge is -2.01. The summed E-state index contributed by atoms with van der Waals surface area (Å²) in [6.45, 7) is 0. The van der Waals surface area contributed by atoms with E-state index in [-0.39, 0.29) is 5.71 Å². The van der Waals surface area contributed by atoms with E-state index in [1.807, 2.05) is 0 Å². The minimum atomic E-state index is -0.390. The number of hydrogen-bond donors (Lipinski definition) is 4. The van der Waals surface area contributed by atoms with E-state index in [9.17, 15) is 0 Å². The van der Waals surface area contributed by atoms with Crippen LogP contribution in [0.3, 0.4) is 0 Å². The van der Waals surface area contributed by atoms with E-state index in [1.165, 1.54) is 0 Å². The molecule has 19 heavy (non-hydrogen) atoms. The van der Waals surface area contributed by atoms with Gasteiger partial charge in [-0.05, 0) is 29.5 Å². The van der Waals surface area contributed by atoms with Gasteiger partial charge in [0.2, 0.25) is 11.5 Å². The van der Waals surface area contributed by atoms with Crippen LogP contribution in [0.25, 0.3) is 11.4 Å². The molecular formula is C10H9N9. The fourth-order valence-electron chi connectivity index (χ4n) is 1.24. The number of nitriles is 1. The highest BCUT2D eigenvalue weighted by molar-refractivity contribution is 6.45. The van der Waals surface area contributed by atoms with Crippen molar-refractivity contribution in [1.29, 1.82) is 10.7 Å². The van der Waals surface area contributed by atoms with E-state index in [2.05, 4.69) is 31.2 Å². The van der Waals surface area contributed by atoms with Crippen LogP contribution in [0.15, 0.2) is 29.4 Å². The molecule has 0 aliphatic rings. The number of nitrogens with two attached hydrogens (primary N) is 1. The van der Waals surface area contributed by atoms with Gasteiger partial charge in [0.1, 0.15) is 6.07 Å². The van der Waals surface area contributed by atoms with Gasteiger partial charge < -0.3 is 5.73 Å². The van der Waals surface area contributed by atoms with Crippen molar-refractivity contribution in [3.05, 3.63) is 24.3 Å². The first-order valence-corrected chi connectivity index (χ1v) is 5.13. The highest BCUT2D eigenvalue weighted by Crippen LogP contribution is 2.16. The normalized spacial score (nSPS) is 10.8. The lowest BCUT2D eigenvalue weighted by atomic mass is 10.2. The van der Waals surface area contributed by atoms with E-state index in [0.717, 1.165) is 5.56 Å². The molecule has 0 bridgehead atoms. The van der Waals surface area contributed by atoms with Crippen LogP contribution in [0.5, 0.6) is 0 Å². The summed E-state index contributed by atoms with van der Waals surface area (Å²) in [6, 6.07) is 8.70. The van der Waals surface area contributed by atoms with Crippen LogP contribution in [0.2, 0.25) is 0 Å². The highest BCUT2D eigenvalue weighted by atomic mass is 15.5. The number of hydrogen-bond acceptors (Lipinski definition) is 7. The molecule has 0 saturated carbocycles. The standard InChI is InChI=1S/C10H9N9/c11-5-8(9(12)13)15-14-7-3-1-6(2-4-7)10-16-18-19-17-10/h1-4,14H,(H3,12,13)(H,16,17,18,19)/b15-8+. The summed E-state index contributed by atoms with van der Waals surface area (Å²) in [4.78, 5) is 0. The highest BCUT2D eigenvalue weighted by Gasteiger charge is 2.03. The van der Waals surface area contributed by atoms with Crippen LogP contribution in [0, 0.1) is 16.7 Å². The van der Waals surface area contributed by atoms with Gasteiger partial charge in [-0.2, -0.15) is 15.6 Å². The number of nitrogens with zero attached hydrogens (tertiary/aromatic N) is 5. The smallest absolute Gasteiger partial charge is 0.204 e. The molecule has 0 aliphatic carbocycles. The number of rotatable bonds is 4. The van der Waals surface area contributed by atoms with Crippen molar-refractivity contribution in [3.8, 4) is 17.5 Å². The summed E-state index contributed by atoms with van der Waals surface area (Å²) in [6.07, 6.45) is 0. The maximum Gasteiger partial charge on any atom is 0.204 e. The Hall–Kier alpha value is -3.28. The van der Waals surface area contributed by atoms with E-state index in [4.69, 9.17) is 16.4 Å². The van der Waals surface area contributed by atoms with Crippen molar-refractivity contribution in [1.82, 2.24) is 20.6 Å². The van der Waals surface area contributed by atoms with Gasteiger partial charge >= 0.3 is 0 Å². The maximum atomic E-state index is 8.68. The number of aromatic nitrogens is 4. The Labute approximate surface area is 107 Å². The second-order valence-electron chi connectivity index (χ2n) is 3.41. The van der Waals surface area contributed by atoms with Crippen molar-refractivity contribution < 1.29 is 0 Å². The van der Waals surface area contributed by atoms with Gasteiger partial charge in [0.25, 0.3) is 0 Å². The zero-order valence-electron chi connectivity index (χ0n) is 9.62. The monoisotopic (exact) mass is 255 g/mol. The number of aromatic amines is 1. The fraction of sp³-hybridized carbons (Fsp3) is 0. The summed E-state index contributed by atoms with van der Waals surface area (Å²) >= 11 is 0. The maximum absolute atomic E-state index is 8.68. The summed E-state index contributed by atoms with van der Waals surface area (Å²) < 4.78 is 0. The van der Waals surface area contributed by atoms with Crippen molar-refractivity contribution >= 4 is 17.2 Å². The molecule has 0 spiro atoms. The van der Waals surface area contributed by atoms with Crippen LogP contribution in [-0.2, 0) is 0 Å². The van der Waals surface area contributed by atoms with Gasteiger partial charge in [-0.15, -0.1) is 10.2 Å². The van der Waals surface area contributed by atoms with Crippen molar-refractivity contribution in [3.63, 3.8) is 0 Å². The number of benzene rings is 1. The van der Waals surface area contributed by atoms with Gasteiger partial charge in [-0.3, -0.25) is 10.8 Å². The Morgan fingerprint density at radius 1 is 1.42 bits per heavy atom. The third kappa shape index (κ3) is 2.89. The Morgan fingerprint density at radius 3 is 2.68 bits per heavy atom. The topological polar surface area (TPSA) is 153 Å². The zero-order valence-corrected chi connectivity index (χ0v) is 9.62. The van der Waals surface area contributed by atoms with Crippen LogP contribution >= 0.6 is 0 Å². The molecule has 0 saturated heterocycles. The van der Waals surface area contributed by atoms with E-state index >= 15 is 0 Å². The molecule has 1 aromatic carbocycles. The van der Waals surface area contributed by atoms with Gasteiger partial charge in [0.05, 0.1) is 5.69 Å². The summed E-state index contributed by atoms with van der Waals surface area (Å²) in [7, 11) is 0. The quantitative estimate of drug-likeness (QED) is 0.345. The lowest BCUT2D eigenvalue weighted by Crippen LogP contribution is -2.21. The summed E-state index contributed by atoms with van der Waals surface area (Å²) in [5.41, 5.74) is 9.04. The molecule has 0 atom stereocenters. The molecule has 94 valence electrons. The van der Waals surface area contributed by atoms with Gasteiger partial charge in [-0.25, -0.2) is 0 Å². The lowest BCUT2D eigenvalue weighted by molar-refractivity contribution is 0.881. The molecule has 1 aromatic heterocycles. The first kappa shape index (κ1) is 12.2. The Balaban J connectivity index is 2.12. The molecule has 0 aliphatic heterocycles. The van der Waals surface area contributed by atoms with E-state index in [1.54, 1.807) is 30.3 Å². The molecule has 9 nitrogen and oxygen atoms in total. The third-order valence-corrected chi connectivity index (χ3v) is 2.15. The number of hydrazone groups is 1. The Morgan fingerprint density at radius 2 is 2.16 bits per heavy atom. The van der Waals surface area contributed by atoms with E-state index < -0.39 is 5.84 Å². The molecule has 0 radical (unpaired) electrons. The minimum absolute atomic E-state index is 0.178. The van der Waals surface area contributed by atoms with Crippen LogP contribution in [0.4, 0.5) is 5.69 Å². The van der Waals surface area contributed by atoms with Crippen LogP contribution in [-0.4, -0.2) is 32.2 Å². The molecule has 9 heteroatoms. The number of tetrazole rings is 1. The molecule has 1 heterocycles. The Kier molecular flexibility index (Phi) is 3.44. The summed E-state index contributed by atoms with van der Waals surface area (Å²) in [5.74, 6) is 0.0925. The molecule has 5 N–H and O–H groups in total. The molecule has 2 aromatic rings. The van der Waals surface area contributed by atoms with Gasteiger partial charge in [0, 0.05) is 5.56 Å². The second-order valence-corrected chi connectivity index (χ2v) is 3.41. The largest absolute Gasteiger partial charge is 0.382 e. The third-order valence-electron chi connectivity index (χ3n) is 2.15. The minimum Gasteiger partial charge on any atom is -0.382 e. The molecule has 0 fully saturated rings. The van der Waals surface area contributed by atoms with E-state index in [0.29, 0.717) is 11.5 Å². The van der Waals surface area contributed by atoms with Crippen LogP contribution in [0.1, 0.15) is 0 Å². The van der Waals surface area contributed by atoms with Crippen molar-refractivity contribution in [2.75, 3.05) is 5.43 Å². The van der Waals surface area contributed by atoms with Gasteiger partial charge in [-0.1, -0.05) is 0 Å². The van der Waals surface area contributed by atoms with Crippen molar-refractivity contribution in [2.45, 2.75) is 0 Å². The Bertz CT molecular complexity index is 633. The molecule has 0 unspecified atom stereocenters. The predicted molar refractivity (Wildman–Crippen MR) is 68.2 cm³/mol. The van der Waals surface area contributed by atoms with Gasteiger partial charge in [0.15, 0.2) is 5.84 Å². The molecule has 0 amide bonds. The number of nitrogens with one attached hydrogen (secondary N) is 3. The summed E-state index contributed by atoms with van der Waals surface area (Å²) in [5, 5.41) is 33.0. The fourth-order valence-corrected chi connectivity index (χ4v) is 1.24. The second kappa shape index (κ2) is 5.37. The molecular weight excluding hydrogens is 246 g/mol. The van der Waals surface area contributed by atoms with Crippen LogP contribution < -0.4 is 11.2 Å². The average Bonchev–Trinajstić information content (AvgIpc) is 2.94.